The molecule has 5 nitrogen and oxygen atoms in total. The van der Waals surface area contributed by atoms with Crippen LogP contribution in [-0.2, 0) is 11.4 Å². The third-order valence-electron chi connectivity index (χ3n) is 7.51. The SMILES string of the molecule is COc1cc(/C=N\NC(=O)[C@H]2[C@H]3CCCC[C@@]32C)cc(Br)c1OCc1cccc2ccccc12. The van der Waals surface area contributed by atoms with E-state index in [9.17, 15) is 4.79 Å². The Balaban J connectivity index is 1.26. The van der Waals surface area contributed by atoms with Crippen LogP contribution in [0.2, 0.25) is 0 Å². The average molecular weight is 521 g/mol. The first-order valence-corrected chi connectivity index (χ1v) is 12.6. The number of benzene rings is 3. The Labute approximate surface area is 208 Å². The number of amides is 1. The van der Waals surface area contributed by atoms with Crippen LogP contribution in [0.3, 0.4) is 0 Å². The minimum absolute atomic E-state index is 0.0340. The van der Waals surface area contributed by atoms with Gasteiger partial charge in [-0.1, -0.05) is 62.2 Å². The molecule has 176 valence electrons. The van der Waals surface area contributed by atoms with Crippen molar-refractivity contribution in [2.45, 2.75) is 39.2 Å². The molecule has 2 fully saturated rings. The smallest absolute Gasteiger partial charge is 0.244 e. The lowest BCUT2D eigenvalue weighted by molar-refractivity contribution is -0.123. The summed E-state index contributed by atoms with van der Waals surface area (Å²) in [6.07, 6.45) is 6.40. The van der Waals surface area contributed by atoms with Crippen LogP contribution in [0.15, 0.2) is 64.2 Å². The van der Waals surface area contributed by atoms with Gasteiger partial charge in [-0.15, -0.1) is 0 Å². The van der Waals surface area contributed by atoms with Gasteiger partial charge in [-0.2, -0.15) is 5.10 Å². The number of nitrogens with zero attached hydrogens (tertiary/aromatic N) is 1. The summed E-state index contributed by atoms with van der Waals surface area (Å²) in [5, 5.41) is 6.58. The highest BCUT2D eigenvalue weighted by Crippen LogP contribution is 2.66. The molecule has 2 saturated carbocycles. The van der Waals surface area contributed by atoms with Crippen molar-refractivity contribution in [3.63, 3.8) is 0 Å². The first-order valence-electron chi connectivity index (χ1n) is 11.8. The third kappa shape index (κ3) is 4.31. The summed E-state index contributed by atoms with van der Waals surface area (Å²) in [5.74, 6) is 1.88. The number of nitrogens with one attached hydrogen (secondary N) is 1. The second-order valence-electron chi connectivity index (χ2n) is 9.53. The molecule has 0 unspecified atom stereocenters. The number of carbonyl (C=O) groups is 1. The molecule has 34 heavy (non-hydrogen) atoms. The maximum absolute atomic E-state index is 12.6. The fourth-order valence-corrected chi connectivity index (χ4v) is 6.19. The van der Waals surface area contributed by atoms with Gasteiger partial charge in [-0.3, -0.25) is 4.79 Å². The summed E-state index contributed by atoms with van der Waals surface area (Å²) in [7, 11) is 1.62. The number of ether oxygens (including phenoxy) is 2. The summed E-state index contributed by atoms with van der Waals surface area (Å²) in [6.45, 7) is 2.66. The van der Waals surface area contributed by atoms with E-state index in [0.717, 1.165) is 28.4 Å². The van der Waals surface area contributed by atoms with Gasteiger partial charge < -0.3 is 9.47 Å². The Bertz CT molecular complexity index is 1250. The first kappa shape index (κ1) is 22.9. The molecule has 0 radical (unpaired) electrons. The predicted molar refractivity (Wildman–Crippen MR) is 138 cm³/mol. The van der Waals surface area contributed by atoms with Crippen LogP contribution < -0.4 is 14.9 Å². The van der Waals surface area contributed by atoms with Crippen molar-refractivity contribution in [1.29, 1.82) is 0 Å². The second kappa shape index (κ2) is 9.41. The van der Waals surface area contributed by atoms with Gasteiger partial charge in [-0.05, 0) is 74.1 Å². The van der Waals surface area contributed by atoms with E-state index in [-0.39, 0.29) is 17.2 Å². The normalized spacial score (nSPS) is 23.5. The van der Waals surface area contributed by atoms with Crippen LogP contribution in [0.4, 0.5) is 0 Å². The molecule has 3 aromatic carbocycles. The highest BCUT2D eigenvalue weighted by Gasteiger charge is 2.64. The second-order valence-corrected chi connectivity index (χ2v) is 10.4. The zero-order chi connectivity index (χ0) is 23.7. The molecule has 2 aliphatic rings. The highest BCUT2D eigenvalue weighted by molar-refractivity contribution is 9.10. The molecule has 1 N–H and O–H groups in total. The van der Waals surface area contributed by atoms with Crippen LogP contribution in [0, 0.1) is 17.3 Å². The summed E-state index contributed by atoms with van der Waals surface area (Å²) < 4.78 is 12.5. The lowest BCUT2D eigenvalue weighted by atomic mass is 9.90. The van der Waals surface area contributed by atoms with Crippen LogP contribution in [-0.4, -0.2) is 19.2 Å². The van der Waals surface area contributed by atoms with E-state index >= 15 is 0 Å². The Kier molecular flexibility index (Phi) is 6.34. The van der Waals surface area contributed by atoms with Gasteiger partial charge in [0.25, 0.3) is 0 Å². The van der Waals surface area contributed by atoms with Gasteiger partial charge in [-0.25, -0.2) is 5.43 Å². The predicted octanol–water partition coefficient (Wildman–Crippen LogP) is 6.47. The van der Waals surface area contributed by atoms with Crippen molar-refractivity contribution in [2.75, 3.05) is 7.11 Å². The zero-order valence-corrected chi connectivity index (χ0v) is 21.1. The topological polar surface area (TPSA) is 59.9 Å². The van der Waals surface area contributed by atoms with Crippen molar-refractivity contribution in [1.82, 2.24) is 5.43 Å². The summed E-state index contributed by atoms with van der Waals surface area (Å²) in [5.41, 5.74) is 4.84. The summed E-state index contributed by atoms with van der Waals surface area (Å²) in [6, 6.07) is 18.2. The number of halogens is 1. The largest absolute Gasteiger partial charge is 0.493 e. The molecular formula is C28H29BrN2O3. The lowest BCUT2D eigenvalue weighted by Crippen LogP contribution is -2.22. The van der Waals surface area contributed by atoms with Crippen molar-refractivity contribution < 1.29 is 14.3 Å². The van der Waals surface area contributed by atoms with Gasteiger partial charge in [0.15, 0.2) is 11.5 Å². The number of hydrazone groups is 1. The number of hydrogen-bond donors (Lipinski definition) is 1. The van der Waals surface area contributed by atoms with Crippen LogP contribution in [0.5, 0.6) is 11.5 Å². The third-order valence-corrected chi connectivity index (χ3v) is 8.09. The average Bonchev–Trinajstić information content (AvgIpc) is 3.48. The van der Waals surface area contributed by atoms with Gasteiger partial charge in [0.2, 0.25) is 5.91 Å². The van der Waals surface area contributed by atoms with Crippen LogP contribution in [0.25, 0.3) is 10.8 Å². The van der Waals surface area contributed by atoms with E-state index < -0.39 is 0 Å². The molecule has 0 heterocycles. The highest BCUT2D eigenvalue weighted by atomic mass is 79.9. The van der Waals surface area contributed by atoms with E-state index in [1.807, 2.05) is 30.3 Å². The molecule has 0 saturated heterocycles. The molecule has 6 heteroatoms. The van der Waals surface area contributed by atoms with E-state index in [2.05, 4.69) is 57.6 Å². The van der Waals surface area contributed by atoms with E-state index in [1.54, 1.807) is 13.3 Å². The minimum Gasteiger partial charge on any atom is -0.493 e. The molecule has 0 bridgehead atoms. The fourth-order valence-electron chi connectivity index (χ4n) is 5.61. The van der Waals surface area contributed by atoms with Crippen LogP contribution >= 0.6 is 15.9 Å². The van der Waals surface area contributed by atoms with Gasteiger partial charge in [0, 0.05) is 5.92 Å². The Hall–Kier alpha value is -2.86. The number of carbonyl (C=O) groups excluding carboxylic acids is 1. The van der Waals surface area contributed by atoms with E-state index in [1.165, 1.54) is 23.6 Å². The lowest BCUT2D eigenvalue weighted by Gasteiger charge is -2.15. The van der Waals surface area contributed by atoms with Crippen molar-refractivity contribution in [2.24, 2.45) is 22.4 Å². The van der Waals surface area contributed by atoms with Crippen molar-refractivity contribution in [3.05, 3.63) is 70.2 Å². The standard InChI is InChI=1S/C28H29BrN2O3/c1-28-13-6-5-12-22(28)25(28)27(32)31-30-16-18-14-23(29)26(24(15-18)33-2)34-17-20-10-7-9-19-8-3-4-11-21(19)20/h3-4,7-11,14-16,22,25H,5-6,12-13,17H2,1-2H3,(H,31,32)/b30-16-/t22-,25-,28+/m1/s1. The zero-order valence-electron chi connectivity index (χ0n) is 19.5. The van der Waals surface area contributed by atoms with Crippen LogP contribution in [0.1, 0.15) is 43.7 Å². The van der Waals surface area contributed by atoms with Gasteiger partial charge in [0.1, 0.15) is 6.61 Å². The molecule has 5 rings (SSSR count). The van der Waals surface area contributed by atoms with E-state index in [0.29, 0.717) is 24.0 Å². The number of methoxy groups -OCH3 is 1. The molecule has 3 aromatic rings. The van der Waals surface area contributed by atoms with E-state index in [4.69, 9.17) is 9.47 Å². The Morgan fingerprint density at radius 3 is 2.82 bits per heavy atom. The molecule has 0 spiro atoms. The minimum atomic E-state index is 0.0340. The number of hydrogen-bond acceptors (Lipinski definition) is 4. The quantitative estimate of drug-likeness (QED) is 0.287. The first-order chi connectivity index (χ1) is 16.5. The van der Waals surface area contributed by atoms with Crippen molar-refractivity contribution >= 4 is 38.8 Å². The maximum atomic E-state index is 12.6. The summed E-state index contributed by atoms with van der Waals surface area (Å²) >= 11 is 3.61. The van der Waals surface area contributed by atoms with Gasteiger partial charge >= 0.3 is 0 Å². The maximum Gasteiger partial charge on any atom is 0.244 e. The number of fused-ring (bicyclic) bond motifs is 2. The molecule has 0 aliphatic heterocycles. The molecular weight excluding hydrogens is 492 g/mol. The molecule has 0 aromatic heterocycles. The Morgan fingerprint density at radius 2 is 2.03 bits per heavy atom. The van der Waals surface area contributed by atoms with Gasteiger partial charge in [0.05, 0.1) is 17.8 Å². The monoisotopic (exact) mass is 520 g/mol. The fraction of sp³-hybridized carbons (Fsp3) is 0.357. The summed E-state index contributed by atoms with van der Waals surface area (Å²) in [4.78, 5) is 12.6. The van der Waals surface area contributed by atoms with Crippen molar-refractivity contribution in [3.8, 4) is 11.5 Å². The Morgan fingerprint density at radius 1 is 1.21 bits per heavy atom. The molecule has 1 amide bonds. The molecule has 2 aliphatic carbocycles. The molecule has 3 atom stereocenters. The number of rotatable bonds is 7.